The van der Waals surface area contributed by atoms with Crippen molar-refractivity contribution < 1.29 is 5.11 Å². The summed E-state index contributed by atoms with van der Waals surface area (Å²) in [4.78, 5) is 14.8. The van der Waals surface area contributed by atoms with E-state index in [1.165, 1.54) is 0 Å². The van der Waals surface area contributed by atoms with Gasteiger partial charge in [0.15, 0.2) is 0 Å². The Morgan fingerprint density at radius 2 is 2.10 bits per heavy atom. The summed E-state index contributed by atoms with van der Waals surface area (Å²) in [5, 5.41) is 14.0. The Bertz CT molecular complexity index is 657. The van der Waals surface area contributed by atoms with Gasteiger partial charge in [-0.3, -0.25) is 4.57 Å². The fourth-order valence-corrected chi connectivity index (χ4v) is 2.95. The van der Waals surface area contributed by atoms with Crippen LogP contribution in [0.1, 0.15) is 46.8 Å². The lowest BCUT2D eigenvalue weighted by Crippen LogP contribution is -2.39. The highest BCUT2D eigenvalue weighted by atomic mass is 16.3. The number of hydrogen-bond acceptors (Lipinski definition) is 3. The quantitative estimate of drug-likeness (QED) is 0.796. The minimum Gasteiger partial charge on any atom is -0.387 e. The van der Waals surface area contributed by atoms with Gasteiger partial charge >= 0.3 is 5.69 Å². The lowest BCUT2D eigenvalue weighted by Gasteiger charge is -2.24. The molecule has 2 aromatic rings. The Labute approximate surface area is 126 Å². The number of imidazole rings is 1. The number of aliphatic hydroxyl groups excluding tert-OH is 1. The average Bonchev–Trinajstić information content (AvgIpc) is 2.61. The standard InChI is InChI=1S/C14H19N3O2.2CH4/c1-8(2)15-11-6-7-17-12-9(13(11)18)4-3-5-10(12)16-14(17)19;;/h3-5,8,11,13,15,18H,6-7H2,1-2H3,(H,16,19);2*1H4/t11-,13-;;/m1../s1. The van der Waals surface area contributed by atoms with Crippen molar-refractivity contribution in [2.24, 2.45) is 0 Å². The summed E-state index contributed by atoms with van der Waals surface area (Å²) in [6.45, 7) is 4.74. The number of aromatic amines is 1. The molecule has 5 nitrogen and oxygen atoms in total. The zero-order chi connectivity index (χ0) is 13.6. The van der Waals surface area contributed by atoms with E-state index >= 15 is 0 Å². The largest absolute Gasteiger partial charge is 0.387 e. The molecule has 2 atom stereocenters. The zero-order valence-electron chi connectivity index (χ0n) is 11.2. The molecule has 0 radical (unpaired) electrons. The molecule has 1 aliphatic heterocycles. The number of aliphatic hydroxyl groups is 1. The highest BCUT2D eigenvalue weighted by molar-refractivity contribution is 5.79. The van der Waals surface area contributed by atoms with Crippen molar-refractivity contribution in [1.29, 1.82) is 0 Å². The first kappa shape index (κ1) is 17.5. The molecule has 3 rings (SSSR count). The van der Waals surface area contributed by atoms with Crippen molar-refractivity contribution >= 4 is 11.0 Å². The van der Waals surface area contributed by atoms with E-state index in [1.54, 1.807) is 4.57 Å². The summed E-state index contributed by atoms with van der Waals surface area (Å²) in [6.07, 6.45) is 0.149. The second-order valence-electron chi connectivity index (χ2n) is 5.49. The van der Waals surface area contributed by atoms with Crippen LogP contribution in [0.3, 0.4) is 0 Å². The molecule has 3 N–H and O–H groups in total. The smallest absolute Gasteiger partial charge is 0.326 e. The van der Waals surface area contributed by atoms with Crippen molar-refractivity contribution in [1.82, 2.24) is 14.9 Å². The van der Waals surface area contributed by atoms with Gasteiger partial charge in [-0.25, -0.2) is 4.79 Å². The predicted molar refractivity (Wildman–Crippen MR) is 87.7 cm³/mol. The molecule has 0 aliphatic carbocycles. The maximum Gasteiger partial charge on any atom is 0.326 e. The lowest BCUT2D eigenvalue weighted by molar-refractivity contribution is 0.121. The number of H-pyrrole nitrogens is 1. The predicted octanol–water partition coefficient (Wildman–Crippen LogP) is 2.41. The monoisotopic (exact) mass is 293 g/mol. The first-order valence-electron chi connectivity index (χ1n) is 6.73. The van der Waals surface area contributed by atoms with E-state index in [2.05, 4.69) is 24.1 Å². The number of aryl methyl sites for hydroxylation is 1. The van der Waals surface area contributed by atoms with Crippen LogP contribution in [0.4, 0.5) is 0 Å². The number of benzene rings is 1. The highest BCUT2D eigenvalue weighted by Gasteiger charge is 2.28. The van der Waals surface area contributed by atoms with Gasteiger partial charge in [0.05, 0.1) is 17.1 Å². The molecule has 0 unspecified atom stereocenters. The summed E-state index contributed by atoms with van der Waals surface area (Å²) in [5.41, 5.74) is 2.37. The second kappa shape index (κ2) is 6.45. The van der Waals surface area contributed by atoms with E-state index in [4.69, 9.17) is 0 Å². The SMILES string of the molecule is C.C.CC(C)N[C@@H]1CCn2c(=O)[nH]c3cccc(c32)[C@H]1O. The Kier molecular flexibility index (Phi) is 5.36. The second-order valence-corrected chi connectivity index (χ2v) is 5.49. The molecular formula is C16H27N3O2. The normalized spacial score (nSPS) is 20.8. The summed E-state index contributed by atoms with van der Waals surface area (Å²) >= 11 is 0. The van der Waals surface area contributed by atoms with Crippen LogP contribution in [0, 0.1) is 0 Å². The maximum absolute atomic E-state index is 11.9. The molecule has 0 amide bonds. The van der Waals surface area contributed by atoms with Crippen molar-refractivity contribution in [3.05, 3.63) is 34.2 Å². The minimum absolute atomic E-state index is 0. The topological polar surface area (TPSA) is 70.0 Å². The first-order chi connectivity index (χ1) is 9.08. The summed E-state index contributed by atoms with van der Waals surface area (Å²) in [5.74, 6) is 0. The Balaban J connectivity index is 0.00000110. The van der Waals surface area contributed by atoms with E-state index in [-0.39, 0.29) is 26.6 Å². The molecule has 1 aliphatic rings. The van der Waals surface area contributed by atoms with Gasteiger partial charge < -0.3 is 15.4 Å². The first-order valence-corrected chi connectivity index (χ1v) is 6.73. The van der Waals surface area contributed by atoms with E-state index in [1.807, 2.05) is 18.2 Å². The maximum atomic E-state index is 11.9. The zero-order valence-corrected chi connectivity index (χ0v) is 11.2. The molecule has 1 aromatic heterocycles. The number of nitrogens with zero attached hydrogens (tertiary/aromatic N) is 1. The van der Waals surface area contributed by atoms with E-state index in [0.29, 0.717) is 12.6 Å². The van der Waals surface area contributed by atoms with Crippen molar-refractivity contribution in [2.45, 2.75) is 59.9 Å². The van der Waals surface area contributed by atoms with Crippen LogP contribution < -0.4 is 11.0 Å². The Morgan fingerprint density at radius 1 is 1.38 bits per heavy atom. The van der Waals surface area contributed by atoms with Gasteiger partial charge in [0, 0.05) is 24.2 Å². The van der Waals surface area contributed by atoms with Gasteiger partial charge in [-0.2, -0.15) is 0 Å². The molecule has 0 saturated heterocycles. The third-order valence-corrected chi connectivity index (χ3v) is 3.73. The van der Waals surface area contributed by atoms with Crippen LogP contribution >= 0.6 is 0 Å². The number of aromatic nitrogens is 2. The molecule has 0 fully saturated rings. The third-order valence-electron chi connectivity index (χ3n) is 3.73. The molecule has 5 heteroatoms. The van der Waals surface area contributed by atoms with E-state index in [0.717, 1.165) is 23.0 Å². The minimum atomic E-state index is -0.588. The molecule has 0 spiro atoms. The van der Waals surface area contributed by atoms with Gasteiger partial charge in [-0.05, 0) is 12.5 Å². The summed E-state index contributed by atoms with van der Waals surface area (Å²) in [7, 11) is 0. The molecule has 1 aromatic carbocycles. The fourth-order valence-electron chi connectivity index (χ4n) is 2.95. The van der Waals surface area contributed by atoms with Gasteiger partial charge in [0.1, 0.15) is 0 Å². The fraction of sp³-hybridized carbons (Fsp3) is 0.562. The average molecular weight is 293 g/mol. The molecule has 118 valence electrons. The molecular weight excluding hydrogens is 266 g/mol. The van der Waals surface area contributed by atoms with E-state index < -0.39 is 6.10 Å². The molecule has 21 heavy (non-hydrogen) atoms. The Morgan fingerprint density at radius 3 is 2.76 bits per heavy atom. The number of nitrogens with one attached hydrogen (secondary N) is 2. The van der Waals surface area contributed by atoms with Crippen LogP contribution in [0.15, 0.2) is 23.0 Å². The number of hydrogen-bond donors (Lipinski definition) is 3. The highest BCUT2D eigenvalue weighted by Crippen LogP contribution is 2.29. The van der Waals surface area contributed by atoms with Crippen molar-refractivity contribution in [3.63, 3.8) is 0 Å². The van der Waals surface area contributed by atoms with Crippen molar-refractivity contribution in [2.75, 3.05) is 0 Å². The van der Waals surface area contributed by atoms with E-state index in [9.17, 15) is 9.90 Å². The number of rotatable bonds is 2. The Hall–Kier alpha value is -1.59. The lowest BCUT2D eigenvalue weighted by atomic mass is 9.99. The van der Waals surface area contributed by atoms with Crippen LogP contribution in [0.2, 0.25) is 0 Å². The van der Waals surface area contributed by atoms with Gasteiger partial charge in [-0.1, -0.05) is 40.8 Å². The number of para-hydroxylation sites is 1. The van der Waals surface area contributed by atoms with Gasteiger partial charge in [-0.15, -0.1) is 0 Å². The van der Waals surface area contributed by atoms with Crippen LogP contribution in [-0.2, 0) is 6.54 Å². The van der Waals surface area contributed by atoms with Crippen LogP contribution in [0.25, 0.3) is 11.0 Å². The van der Waals surface area contributed by atoms with Gasteiger partial charge in [0.2, 0.25) is 0 Å². The molecule has 0 bridgehead atoms. The summed E-state index contributed by atoms with van der Waals surface area (Å²) < 4.78 is 1.73. The molecule has 2 heterocycles. The van der Waals surface area contributed by atoms with Crippen LogP contribution in [-0.4, -0.2) is 26.7 Å². The van der Waals surface area contributed by atoms with Gasteiger partial charge in [0.25, 0.3) is 0 Å². The van der Waals surface area contributed by atoms with Crippen molar-refractivity contribution in [3.8, 4) is 0 Å². The third kappa shape index (κ3) is 2.89. The molecule has 0 saturated carbocycles. The van der Waals surface area contributed by atoms with Crippen LogP contribution in [0.5, 0.6) is 0 Å². The summed E-state index contributed by atoms with van der Waals surface area (Å²) in [6, 6.07) is 5.93.